The summed E-state index contributed by atoms with van der Waals surface area (Å²) in [5, 5.41) is 7.13. The van der Waals surface area contributed by atoms with Crippen LogP contribution in [-0.2, 0) is 0 Å². The van der Waals surface area contributed by atoms with Crippen molar-refractivity contribution >= 4 is 34.0 Å². The van der Waals surface area contributed by atoms with Gasteiger partial charge in [-0.15, -0.1) is 0 Å². The molecule has 178 valence electrons. The number of anilines is 3. The van der Waals surface area contributed by atoms with Crippen molar-refractivity contribution in [1.29, 1.82) is 0 Å². The van der Waals surface area contributed by atoms with E-state index >= 15 is 0 Å². The van der Waals surface area contributed by atoms with E-state index in [0.717, 1.165) is 35.2 Å². The number of nitrogens with one attached hydrogen (secondary N) is 5. The summed E-state index contributed by atoms with van der Waals surface area (Å²) < 4.78 is 0. The number of carbonyl (C=O) groups excluding carboxylic acids is 1. The first-order chi connectivity index (χ1) is 17.7. The summed E-state index contributed by atoms with van der Waals surface area (Å²) in [6.07, 6.45) is 5.01. The lowest BCUT2D eigenvalue weighted by Crippen LogP contribution is -2.21. The fraction of sp³-hybridized carbons (Fsp3) is 0.111. The minimum absolute atomic E-state index is 0.227. The quantitative estimate of drug-likeness (QED) is 0.249. The Morgan fingerprint density at radius 2 is 1.78 bits per heavy atom. The number of benzene rings is 2. The van der Waals surface area contributed by atoms with Crippen molar-refractivity contribution < 1.29 is 4.79 Å². The summed E-state index contributed by atoms with van der Waals surface area (Å²) in [6.45, 7) is 1.87. The Morgan fingerprint density at radius 1 is 0.917 bits per heavy atom. The van der Waals surface area contributed by atoms with Crippen LogP contribution in [0.5, 0.6) is 0 Å². The number of nitrogens with zero attached hydrogens (tertiary/aromatic N) is 3. The number of rotatable bonds is 6. The average Bonchev–Trinajstić information content (AvgIpc) is 3.60. The molecule has 0 atom stereocenters. The molecule has 0 bridgehead atoms. The number of hydrogen-bond donors (Lipinski definition) is 5. The zero-order valence-corrected chi connectivity index (χ0v) is 19.3. The van der Waals surface area contributed by atoms with Crippen LogP contribution < -0.4 is 21.5 Å². The second-order valence-electron chi connectivity index (χ2n) is 8.65. The summed E-state index contributed by atoms with van der Waals surface area (Å²) in [4.78, 5) is 29.0. The highest BCUT2D eigenvalue weighted by Crippen LogP contribution is 2.25. The second-order valence-corrected chi connectivity index (χ2v) is 8.65. The van der Waals surface area contributed by atoms with Crippen LogP contribution in [0.15, 0.2) is 85.3 Å². The van der Waals surface area contributed by atoms with Crippen LogP contribution in [0.25, 0.3) is 22.3 Å². The number of amides is 1. The number of fused-ring (bicyclic) bond motifs is 1. The molecule has 36 heavy (non-hydrogen) atoms. The van der Waals surface area contributed by atoms with Crippen LogP contribution in [0.2, 0.25) is 0 Å². The van der Waals surface area contributed by atoms with Crippen molar-refractivity contribution in [2.75, 3.05) is 23.7 Å². The monoisotopic (exact) mass is 476 g/mol. The molecule has 1 aliphatic heterocycles. The van der Waals surface area contributed by atoms with Gasteiger partial charge in [0.2, 0.25) is 0 Å². The minimum Gasteiger partial charge on any atom is -0.350 e. The lowest BCUT2D eigenvalue weighted by Gasteiger charge is -2.11. The number of carbonyl (C=O) groups is 1. The van der Waals surface area contributed by atoms with Gasteiger partial charge >= 0.3 is 0 Å². The normalized spacial score (nSPS) is 13.7. The maximum atomic E-state index is 12.6. The van der Waals surface area contributed by atoms with Gasteiger partial charge in [0.05, 0.1) is 11.9 Å². The van der Waals surface area contributed by atoms with E-state index in [0.29, 0.717) is 28.9 Å². The van der Waals surface area contributed by atoms with Crippen molar-refractivity contribution in [3.63, 3.8) is 0 Å². The van der Waals surface area contributed by atoms with Crippen LogP contribution in [0.1, 0.15) is 22.0 Å². The molecular weight excluding hydrogens is 452 g/mol. The number of hydrogen-bond acceptors (Lipinski definition) is 7. The van der Waals surface area contributed by atoms with Crippen LogP contribution in [0.4, 0.5) is 17.2 Å². The van der Waals surface area contributed by atoms with Crippen LogP contribution in [0.3, 0.4) is 0 Å². The van der Waals surface area contributed by atoms with Gasteiger partial charge in [-0.1, -0.05) is 24.3 Å². The maximum absolute atomic E-state index is 12.6. The zero-order chi connectivity index (χ0) is 24.3. The van der Waals surface area contributed by atoms with E-state index < -0.39 is 0 Å². The largest absolute Gasteiger partial charge is 0.350 e. The molecule has 1 fully saturated rings. The van der Waals surface area contributed by atoms with Gasteiger partial charge in [-0.25, -0.2) is 9.97 Å². The first-order valence-electron chi connectivity index (χ1n) is 11.7. The van der Waals surface area contributed by atoms with Gasteiger partial charge in [-0.05, 0) is 48.0 Å². The topological polar surface area (TPSA) is 120 Å². The third-order valence-corrected chi connectivity index (χ3v) is 6.18. The van der Waals surface area contributed by atoms with E-state index in [-0.39, 0.29) is 5.91 Å². The summed E-state index contributed by atoms with van der Waals surface area (Å²) in [7, 11) is 0. The zero-order valence-electron chi connectivity index (χ0n) is 19.3. The molecule has 2 aromatic carbocycles. The molecule has 0 spiro atoms. The van der Waals surface area contributed by atoms with E-state index in [1.54, 1.807) is 30.7 Å². The minimum atomic E-state index is -0.227. The Balaban J connectivity index is 1.19. The van der Waals surface area contributed by atoms with Crippen LogP contribution in [0, 0.1) is 0 Å². The van der Waals surface area contributed by atoms with Crippen LogP contribution >= 0.6 is 0 Å². The highest BCUT2D eigenvalue weighted by molar-refractivity contribution is 6.06. The molecule has 0 saturated carbocycles. The predicted octanol–water partition coefficient (Wildman–Crippen LogP) is 4.21. The van der Waals surface area contributed by atoms with Gasteiger partial charge in [0, 0.05) is 53.6 Å². The van der Waals surface area contributed by atoms with Crippen LogP contribution in [-0.4, -0.2) is 38.9 Å². The van der Waals surface area contributed by atoms with Crippen molar-refractivity contribution in [2.45, 2.75) is 5.92 Å². The smallest absolute Gasteiger partial charge is 0.272 e. The molecule has 0 radical (unpaired) electrons. The second kappa shape index (κ2) is 9.57. The number of aromatic amines is 1. The van der Waals surface area contributed by atoms with E-state index in [9.17, 15) is 4.79 Å². The van der Waals surface area contributed by atoms with Crippen molar-refractivity contribution in [2.24, 2.45) is 0 Å². The molecule has 1 aliphatic rings. The van der Waals surface area contributed by atoms with Gasteiger partial charge in [0.1, 0.15) is 11.5 Å². The number of hydrazine groups is 1. The molecule has 1 saturated heterocycles. The van der Waals surface area contributed by atoms with Gasteiger partial charge in [-0.3, -0.25) is 20.6 Å². The highest BCUT2D eigenvalue weighted by Gasteiger charge is 2.16. The summed E-state index contributed by atoms with van der Waals surface area (Å²) in [5.41, 5.74) is 11.4. The molecule has 6 rings (SSSR count). The molecule has 9 nitrogen and oxygen atoms in total. The maximum Gasteiger partial charge on any atom is 0.272 e. The Kier molecular flexibility index (Phi) is 5.82. The van der Waals surface area contributed by atoms with Crippen molar-refractivity contribution in [3.8, 4) is 11.4 Å². The number of pyridine rings is 1. The first-order valence-corrected chi connectivity index (χ1v) is 11.7. The lowest BCUT2D eigenvalue weighted by atomic mass is 10.0. The molecule has 4 heterocycles. The lowest BCUT2D eigenvalue weighted by molar-refractivity contribution is 0.102. The molecule has 5 N–H and O–H groups in total. The fourth-order valence-corrected chi connectivity index (χ4v) is 4.28. The SMILES string of the molecule is O=C(Nc1cccnc1)c1cc2ccc(-c3nccc(Nc4ccc(C5CNNC5)cc4)n3)cc2[nH]1. The Labute approximate surface area is 207 Å². The van der Waals surface area contributed by atoms with Crippen molar-refractivity contribution in [1.82, 2.24) is 30.8 Å². The van der Waals surface area contributed by atoms with E-state index in [4.69, 9.17) is 4.98 Å². The summed E-state index contributed by atoms with van der Waals surface area (Å²) >= 11 is 0. The summed E-state index contributed by atoms with van der Waals surface area (Å²) in [6, 6.07) is 21.5. The Morgan fingerprint density at radius 3 is 2.58 bits per heavy atom. The molecular formula is C27H24N8O. The van der Waals surface area contributed by atoms with Gasteiger partial charge in [0.25, 0.3) is 5.91 Å². The molecule has 0 unspecified atom stereocenters. The van der Waals surface area contributed by atoms with Gasteiger partial charge < -0.3 is 15.6 Å². The molecule has 3 aromatic heterocycles. The molecule has 5 aromatic rings. The average molecular weight is 477 g/mol. The molecule has 1 amide bonds. The van der Waals surface area contributed by atoms with E-state index in [1.807, 2.05) is 30.3 Å². The Hall–Kier alpha value is -4.60. The molecule has 9 heteroatoms. The van der Waals surface area contributed by atoms with Gasteiger partial charge in [0.15, 0.2) is 5.82 Å². The standard InChI is InChI=1S/C27H24N8O/c36-27(33-22-2-1-10-28-16-22)24-12-18-3-4-19(13-23(18)34-24)26-29-11-9-25(35-26)32-21-7-5-17(6-8-21)20-14-30-31-15-20/h1-13,16,20,30-31,34H,14-15H2,(H,33,36)(H,29,32,35). The predicted molar refractivity (Wildman–Crippen MR) is 140 cm³/mol. The fourth-order valence-electron chi connectivity index (χ4n) is 4.28. The first kappa shape index (κ1) is 21.9. The highest BCUT2D eigenvalue weighted by atomic mass is 16.1. The number of aromatic nitrogens is 4. The Bertz CT molecular complexity index is 1510. The number of H-pyrrole nitrogens is 1. The van der Waals surface area contributed by atoms with E-state index in [2.05, 4.69) is 60.7 Å². The van der Waals surface area contributed by atoms with E-state index in [1.165, 1.54) is 5.56 Å². The van der Waals surface area contributed by atoms with Gasteiger partial charge in [-0.2, -0.15) is 0 Å². The third kappa shape index (κ3) is 4.65. The summed E-state index contributed by atoms with van der Waals surface area (Å²) in [5.74, 6) is 1.56. The van der Waals surface area contributed by atoms with Crippen molar-refractivity contribution in [3.05, 3.63) is 96.6 Å². The molecule has 0 aliphatic carbocycles. The third-order valence-electron chi connectivity index (χ3n) is 6.18.